The predicted molar refractivity (Wildman–Crippen MR) is 87.0 cm³/mol. The van der Waals surface area contributed by atoms with E-state index in [0.29, 0.717) is 5.92 Å². The lowest BCUT2D eigenvalue weighted by Crippen LogP contribution is -2.46. The van der Waals surface area contributed by atoms with E-state index in [1.807, 2.05) is 0 Å². The number of hydrogen-bond donors (Lipinski definition) is 0. The second-order valence-corrected chi connectivity index (χ2v) is 7.17. The third-order valence-electron chi connectivity index (χ3n) is 6.17. The second-order valence-electron chi connectivity index (χ2n) is 7.17. The molecule has 2 fully saturated rings. The average molecular weight is 292 g/mol. The molecule has 2 aliphatic rings. The van der Waals surface area contributed by atoms with Gasteiger partial charge in [-0.05, 0) is 56.3 Å². The van der Waals surface area contributed by atoms with Crippen LogP contribution in [-0.2, 0) is 9.53 Å². The normalized spacial score (nSPS) is 37.0. The SMILES string of the molecule is C=CC(=O)OC1(C2CCC(CC)CC2)CCC(CC)CC1. The number of rotatable bonds is 5. The third-order valence-corrected chi connectivity index (χ3v) is 6.17. The highest BCUT2D eigenvalue weighted by Gasteiger charge is 2.45. The summed E-state index contributed by atoms with van der Waals surface area (Å²) >= 11 is 0. The molecule has 2 nitrogen and oxygen atoms in total. The van der Waals surface area contributed by atoms with Gasteiger partial charge in [0.1, 0.15) is 5.60 Å². The molecular formula is C19H32O2. The molecule has 120 valence electrons. The summed E-state index contributed by atoms with van der Waals surface area (Å²) in [4.78, 5) is 11.9. The van der Waals surface area contributed by atoms with Gasteiger partial charge in [0, 0.05) is 6.08 Å². The van der Waals surface area contributed by atoms with Crippen molar-refractivity contribution in [3.05, 3.63) is 12.7 Å². The van der Waals surface area contributed by atoms with Crippen molar-refractivity contribution in [1.82, 2.24) is 0 Å². The van der Waals surface area contributed by atoms with Crippen LogP contribution in [0.2, 0.25) is 0 Å². The van der Waals surface area contributed by atoms with Crippen LogP contribution in [0.4, 0.5) is 0 Å². The summed E-state index contributed by atoms with van der Waals surface area (Å²) in [6.45, 7) is 8.16. The number of hydrogen-bond acceptors (Lipinski definition) is 2. The quantitative estimate of drug-likeness (QED) is 0.509. The zero-order chi connectivity index (χ0) is 15.3. The van der Waals surface area contributed by atoms with Crippen molar-refractivity contribution in [3.63, 3.8) is 0 Å². The molecule has 0 amide bonds. The van der Waals surface area contributed by atoms with E-state index < -0.39 is 0 Å². The molecule has 0 atom stereocenters. The van der Waals surface area contributed by atoms with Crippen molar-refractivity contribution in [2.45, 2.75) is 83.7 Å². The van der Waals surface area contributed by atoms with E-state index in [0.717, 1.165) is 24.7 Å². The Kier molecular flexibility index (Phi) is 5.89. The average Bonchev–Trinajstić information content (AvgIpc) is 2.55. The first kappa shape index (κ1) is 16.6. The molecule has 2 aliphatic carbocycles. The maximum Gasteiger partial charge on any atom is 0.330 e. The summed E-state index contributed by atoms with van der Waals surface area (Å²) < 4.78 is 5.97. The van der Waals surface area contributed by atoms with Gasteiger partial charge in [-0.1, -0.05) is 46.1 Å². The summed E-state index contributed by atoms with van der Waals surface area (Å²) in [5, 5.41) is 0. The van der Waals surface area contributed by atoms with Gasteiger partial charge >= 0.3 is 5.97 Å². The summed E-state index contributed by atoms with van der Waals surface area (Å²) in [5.41, 5.74) is -0.185. The first-order chi connectivity index (χ1) is 10.1. The molecule has 0 radical (unpaired) electrons. The van der Waals surface area contributed by atoms with Crippen LogP contribution < -0.4 is 0 Å². The van der Waals surface area contributed by atoms with Crippen molar-refractivity contribution in [2.75, 3.05) is 0 Å². The van der Waals surface area contributed by atoms with Crippen LogP contribution in [-0.4, -0.2) is 11.6 Å². The van der Waals surface area contributed by atoms with Crippen LogP contribution >= 0.6 is 0 Å². The van der Waals surface area contributed by atoms with E-state index in [2.05, 4.69) is 20.4 Å². The van der Waals surface area contributed by atoms with Crippen molar-refractivity contribution >= 4 is 5.97 Å². The summed E-state index contributed by atoms with van der Waals surface area (Å²) in [7, 11) is 0. The van der Waals surface area contributed by atoms with Gasteiger partial charge in [0.2, 0.25) is 0 Å². The first-order valence-electron chi connectivity index (χ1n) is 8.99. The van der Waals surface area contributed by atoms with E-state index in [1.54, 1.807) is 0 Å². The molecule has 21 heavy (non-hydrogen) atoms. The van der Waals surface area contributed by atoms with Crippen molar-refractivity contribution in [2.24, 2.45) is 17.8 Å². The van der Waals surface area contributed by atoms with Crippen molar-refractivity contribution in [3.8, 4) is 0 Å². The Labute approximate surface area is 130 Å². The Bertz CT molecular complexity index is 345. The Morgan fingerprint density at radius 1 is 1.05 bits per heavy atom. The number of carbonyl (C=O) groups excluding carboxylic acids is 1. The summed E-state index contributed by atoms with van der Waals surface area (Å²) in [5.74, 6) is 2.07. The summed E-state index contributed by atoms with van der Waals surface area (Å²) in [6, 6.07) is 0. The molecule has 0 aromatic carbocycles. The molecule has 0 N–H and O–H groups in total. The molecule has 0 aliphatic heterocycles. The number of carbonyl (C=O) groups is 1. The third kappa shape index (κ3) is 3.90. The number of esters is 1. The molecule has 2 heteroatoms. The lowest BCUT2D eigenvalue weighted by molar-refractivity contribution is -0.169. The molecule has 2 saturated carbocycles. The van der Waals surface area contributed by atoms with Crippen LogP contribution in [0.15, 0.2) is 12.7 Å². The highest BCUT2D eigenvalue weighted by molar-refractivity contribution is 5.81. The van der Waals surface area contributed by atoms with Crippen LogP contribution in [0.3, 0.4) is 0 Å². The van der Waals surface area contributed by atoms with Crippen LogP contribution in [0.25, 0.3) is 0 Å². The van der Waals surface area contributed by atoms with E-state index in [1.165, 1.54) is 57.4 Å². The molecule has 0 aromatic heterocycles. The smallest absolute Gasteiger partial charge is 0.330 e. The molecule has 0 heterocycles. The largest absolute Gasteiger partial charge is 0.456 e. The van der Waals surface area contributed by atoms with Gasteiger partial charge in [-0.25, -0.2) is 4.79 Å². The minimum absolute atomic E-state index is 0.185. The van der Waals surface area contributed by atoms with Gasteiger partial charge in [-0.2, -0.15) is 0 Å². The fourth-order valence-electron chi connectivity index (χ4n) is 4.51. The highest BCUT2D eigenvalue weighted by Crippen LogP contribution is 2.47. The van der Waals surface area contributed by atoms with Crippen LogP contribution in [0, 0.1) is 17.8 Å². The Balaban J connectivity index is 2.05. The summed E-state index contributed by atoms with van der Waals surface area (Å²) in [6.07, 6.45) is 13.5. The zero-order valence-electron chi connectivity index (χ0n) is 13.9. The Hall–Kier alpha value is -0.790. The predicted octanol–water partition coefficient (Wildman–Crippen LogP) is 5.27. The first-order valence-corrected chi connectivity index (χ1v) is 8.99. The Morgan fingerprint density at radius 3 is 2.05 bits per heavy atom. The monoisotopic (exact) mass is 292 g/mol. The molecule has 0 unspecified atom stereocenters. The van der Waals surface area contributed by atoms with Crippen molar-refractivity contribution in [1.29, 1.82) is 0 Å². The van der Waals surface area contributed by atoms with Gasteiger partial charge in [-0.15, -0.1) is 0 Å². The molecular weight excluding hydrogens is 260 g/mol. The van der Waals surface area contributed by atoms with Gasteiger partial charge < -0.3 is 4.74 Å². The van der Waals surface area contributed by atoms with Gasteiger partial charge in [-0.3, -0.25) is 0 Å². The van der Waals surface area contributed by atoms with E-state index >= 15 is 0 Å². The zero-order valence-corrected chi connectivity index (χ0v) is 13.9. The molecule has 0 bridgehead atoms. The van der Waals surface area contributed by atoms with Gasteiger partial charge in [0.25, 0.3) is 0 Å². The lowest BCUT2D eigenvalue weighted by atomic mass is 9.65. The fourth-order valence-corrected chi connectivity index (χ4v) is 4.51. The Morgan fingerprint density at radius 2 is 1.57 bits per heavy atom. The maximum atomic E-state index is 11.9. The topological polar surface area (TPSA) is 26.3 Å². The van der Waals surface area contributed by atoms with E-state index in [-0.39, 0.29) is 11.6 Å². The standard InChI is InChI=1S/C19H32O2/c1-4-15-7-9-17(10-8-15)19(21-18(20)6-3)13-11-16(5-2)12-14-19/h6,15-17H,3-5,7-14H2,1-2H3. The lowest BCUT2D eigenvalue weighted by Gasteiger charge is -2.47. The van der Waals surface area contributed by atoms with Crippen molar-refractivity contribution < 1.29 is 9.53 Å². The fraction of sp³-hybridized carbons (Fsp3) is 0.842. The van der Waals surface area contributed by atoms with Crippen LogP contribution in [0.5, 0.6) is 0 Å². The highest BCUT2D eigenvalue weighted by atomic mass is 16.6. The number of ether oxygens (including phenoxy) is 1. The molecule has 0 aromatic rings. The van der Waals surface area contributed by atoms with Gasteiger partial charge in [0.05, 0.1) is 0 Å². The van der Waals surface area contributed by atoms with E-state index in [9.17, 15) is 4.79 Å². The van der Waals surface area contributed by atoms with Crippen LogP contribution in [0.1, 0.15) is 78.1 Å². The molecule has 0 spiro atoms. The molecule has 0 saturated heterocycles. The second kappa shape index (κ2) is 7.47. The van der Waals surface area contributed by atoms with Gasteiger partial charge in [0.15, 0.2) is 0 Å². The minimum Gasteiger partial charge on any atom is -0.456 e. The minimum atomic E-state index is -0.220. The maximum absolute atomic E-state index is 11.9. The van der Waals surface area contributed by atoms with E-state index in [4.69, 9.17) is 4.74 Å². The molecule has 2 rings (SSSR count).